The number of aromatic nitrogens is 2. The molecule has 1 unspecified atom stereocenters. The van der Waals surface area contributed by atoms with E-state index in [1.807, 2.05) is 0 Å². The average Bonchev–Trinajstić information content (AvgIpc) is 2.85. The van der Waals surface area contributed by atoms with Gasteiger partial charge in [-0.15, -0.1) is 11.3 Å². The van der Waals surface area contributed by atoms with Gasteiger partial charge >= 0.3 is 0 Å². The van der Waals surface area contributed by atoms with Gasteiger partial charge in [-0.25, -0.2) is 0 Å². The van der Waals surface area contributed by atoms with Crippen molar-refractivity contribution in [1.29, 1.82) is 0 Å². The molecule has 3 rings (SSSR count). The molecule has 0 spiro atoms. The highest BCUT2D eigenvalue weighted by molar-refractivity contribution is 7.13. The van der Waals surface area contributed by atoms with Crippen molar-refractivity contribution in [3.63, 3.8) is 0 Å². The number of nitrogens with one attached hydrogen (secondary N) is 1. The minimum absolute atomic E-state index is 0.543. The van der Waals surface area contributed by atoms with E-state index >= 15 is 0 Å². The van der Waals surface area contributed by atoms with Crippen LogP contribution in [0.5, 0.6) is 0 Å². The molecule has 1 saturated carbocycles. The predicted molar refractivity (Wildman–Crippen MR) is 67.5 cm³/mol. The van der Waals surface area contributed by atoms with E-state index in [0.717, 1.165) is 11.5 Å². The summed E-state index contributed by atoms with van der Waals surface area (Å²) in [7, 11) is 0. The normalized spacial score (nSPS) is 17.6. The first kappa shape index (κ1) is 9.90. The fraction of sp³-hybridized carbons (Fsp3) is 0.417. The van der Waals surface area contributed by atoms with Crippen molar-refractivity contribution >= 4 is 17.2 Å². The number of nitrogens with two attached hydrogens (primary N) is 1. The molecule has 0 bridgehead atoms. The maximum absolute atomic E-state index is 5.96. The van der Waals surface area contributed by atoms with Crippen molar-refractivity contribution in [3.05, 3.63) is 23.2 Å². The molecule has 2 aromatic rings. The largest absolute Gasteiger partial charge is 0.382 e. The summed E-state index contributed by atoms with van der Waals surface area (Å²) in [5.41, 5.74) is 8.29. The molecule has 0 aliphatic heterocycles. The van der Waals surface area contributed by atoms with E-state index in [1.165, 1.54) is 23.4 Å². The molecule has 0 radical (unpaired) electrons. The zero-order valence-electron chi connectivity index (χ0n) is 9.23. The van der Waals surface area contributed by atoms with E-state index in [2.05, 4.69) is 34.6 Å². The lowest BCUT2D eigenvalue weighted by Crippen LogP contribution is -1.98. The van der Waals surface area contributed by atoms with Crippen LogP contribution < -0.4 is 5.73 Å². The van der Waals surface area contributed by atoms with Crippen molar-refractivity contribution < 1.29 is 0 Å². The molecule has 84 valence electrons. The fourth-order valence-electron chi connectivity index (χ4n) is 2.21. The van der Waals surface area contributed by atoms with Crippen molar-refractivity contribution in [1.82, 2.24) is 10.2 Å². The summed E-state index contributed by atoms with van der Waals surface area (Å²) < 4.78 is 0. The Hall–Kier alpha value is -1.29. The highest BCUT2D eigenvalue weighted by Crippen LogP contribution is 2.45. The van der Waals surface area contributed by atoms with Crippen LogP contribution in [-0.4, -0.2) is 10.2 Å². The van der Waals surface area contributed by atoms with Crippen LogP contribution in [0.3, 0.4) is 0 Å². The summed E-state index contributed by atoms with van der Waals surface area (Å²) in [5.74, 6) is 1.99. The van der Waals surface area contributed by atoms with Gasteiger partial charge in [-0.3, -0.25) is 5.10 Å². The van der Waals surface area contributed by atoms with Gasteiger partial charge in [-0.1, -0.05) is 13.0 Å². The van der Waals surface area contributed by atoms with Crippen molar-refractivity contribution in [2.24, 2.45) is 5.92 Å². The number of nitrogen functional groups attached to an aromatic ring is 1. The molecule has 4 heteroatoms. The Balaban J connectivity index is 2.05. The van der Waals surface area contributed by atoms with Gasteiger partial charge in [0.15, 0.2) is 5.82 Å². The number of hydrogen-bond acceptors (Lipinski definition) is 3. The quantitative estimate of drug-likeness (QED) is 0.855. The highest BCUT2D eigenvalue weighted by Gasteiger charge is 2.32. The molecule has 1 fully saturated rings. The standard InChI is InChI=1S/C12H15N3S/c1-7(8-4-5-8)11-10(12(13)15-14-11)9-3-2-6-16-9/h2-3,6-8H,4-5H2,1H3,(H3,13,14,15). The molecule has 3 N–H and O–H groups in total. The Morgan fingerprint density at radius 3 is 3.00 bits per heavy atom. The second-order valence-corrected chi connectivity index (χ2v) is 5.45. The predicted octanol–water partition coefficient (Wildman–Crippen LogP) is 3.23. The van der Waals surface area contributed by atoms with Gasteiger partial charge in [-0.05, 0) is 30.2 Å². The zero-order valence-corrected chi connectivity index (χ0v) is 10.1. The molecular formula is C12H15N3S. The minimum Gasteiger partial charge on any atom is -0.382 e. The molecule has 1 atom stereocenters. The van der Waals surface area contributed by atoms with E-state index in [4.69, 9.17) is 5.73 Å². The van der Waals surface area contributed by atoms with Gasteiger partial charge < -0.3 is 5.73 Å². The number of rotatable bonds is 3. The summed E-state index contributed by atoms with van der Waals surface area (Å²) in [5, 5.41) is 9.36. The third-order valence-corrected chi connectivity index (χ3v) is 4.26. The first-order valence-corrected chi connectivity index (χ1v) is 6.53. The lowest BCUT2D eigenvalue weighted by atomic mass is 9.98. The van der Waals surface area contributed by atoms with Crippen LogP contribution in [0.1, 0.15) is 31.4 Å². The highest BCUT2D eigenvalue weighted by atomic mass is 32.1. The van der Waals surface area contributed by atoms with Gasteiger partial charge in [0.25, 0.3) is 0 Å². The Morgan fingerprint density at radius 2 is 2.38 bits per heavy atom. The second-order valence-electron chi connectivity index (χ2n) is 4.50. The Morgan fingerprint density at radius 1 is 1.56 bits per heavy atom. The number of thiophene rings is 1. The van der Waals surface area contributed by atoms with Gasteiger partial charge in [0.05, 0.1) is 5.56 Å². The topological polar surface area (TPSA) is 54.7 Å². The third kappa shape index (κ3) is 1.53. The summed E-state index contributed by atoms with van der Waals surface area (Å²) in [6.07, 6.45) is 2.67. The van der Waals surface area contributed by atoms with Gasteiger partial charge in [0.2, 0.25) is 0 Å². The molecule has 1 aliphatic carbocycles. The van der Waals surface area contributed by atoms with Crippen LogP contribution in [0, 0.1) is 5.92 Å². The number of H-pyrrole nitrogens is 1. The third-order valence-electron chi connectivity index (χ3n) is 3.37. The molecule has 0 saturated heterocycles. The van der Waals surface area contributed by atoms with Crippen LogP contribution >= 0.6 is 11.3 Å². The van der Waals surface area contributed by atoms with E-state index in [1.54, 1.807) is 11.3 Å². The molecule has 3 nitrogen and oxygen atoms in total. The molecule has 2 heterocycles. The molecule has 16 heavy (non-hydrogen) atoms. The first-order valence-electron chi connectivity index (χ1n) is 5.65. The Labute approximate surface area is 98.7 Å². The van der Waals surface area contributed by atoms with Gasteiger partial charge in [0, 0.05) is 16.5 Å². The lowest BCUT2D eigenvalue weighted by Gasteiger charge is -2.09. The summed E-state index contributed by atoms with van der Waals surface area (Å²) in [6.45, 7) is 2.27. The molecule has 1 aliphatic rings. The molecule has 0 aromatic carbocycles. The van der Waals surface area contributed by atoms with E-state index < -0.39 is 0 Å². The van der Waals surface area contributed by atoms with Crippen molar-refractivity contribution in [2.45, 2.75) is 25.7 Å². The summed E-state index contributed by atoms with van der Waals surface area (Å²) in [6, 6.07) is 4.16. The monoisotopic (exact) mass is 233 g/mol. The molecule has 2 aromatic heterocycles. The zero-order chi connectivity index (χ0) is 11.1. The SMILES string of the molecule is CC(c1[nH]nc(N)c1-c1cccs1)C1CC1. The first-order chi connectivity index (χ1) is 7.77. The number of nitrogens with zero attached hydrogens (tertiary/aromatic N) is 1. The summed E-state index contributed by atoms with van der Waals surface area (Å²) >= 11 is 1.72. The smallest absolute Gasteiger partial charge is 0.154 e. The molecule has 0 amide bonds. The summed E-state index contributed by atoms with van der Waals surface area (Å²) in [4.78, 5) is 1.22. The maximum Gasteiger partial charge on any atom is 0.154 e. The fourth-order valence-corrected chi connectivity index (χ4v) is 3.00. The Bertz CT molecular complexity index is 482. The van der Waals surface area contributed by atoms with Gasteiger partial charge in [-0.2, -0.15) is 5.10 Å². The lowest BCUT2D eigenvalue weighted by molar-refractivity contribution is 0.642. The van der Waals surface area contributed by atoms with Crippen LogP contribution in [-0.2, 0) is 0 Å². The van der Waals surface area contributed by atoms with E-state index in [0.29, 0.717) is 11.7 Å². The Kier molecular flexibility index (Phi) is 2.24. The van der Waals surface area contributed by atoms with Gasteiger partial charge in [0.1, 0.15) is 0 Å². The number of aromatic amines is 1. The average molecular weight is 233 g/mol. The van der Waals surface area contributed by atoms with Crippen LogP contribution in [0.25, 0.3) is 10.4 Å². The van der Waals surface area contributed by atoms with E-state index in [9.17, 15) is 0 Å². The number of hydrogen-bond donors (Lipinski definition) is 2. The van der Waals surface area contributed by atoms with Crippen LogP contribution in [0.2, 0.25) is 0 Å². The van der Waals surface area contributed by atoms with E-state index in [-0.39, 0.29) is 0 Å². The van der Waals surface area contributed by atoms with Crippen LogP contribution in [0.4, 0.5) is 5.82 Å². The maximum atomic E-state index is 5.96. The second kappa shape index (κ2) is 3.63. The number of anilines is 1. The minimum atomic E-state index is 0.543. The van der Waals surface area contributed by atoms with Crippen molar-refractivity contribution in [2.75, 3.05) is 5.73 Å². The van der Waals surface area contributed by atoms with Crippen molar-refractivity contribution in [3.8, 4) is 10.4 Å². The van der Waals surface area contributed by atoms with Crippen LogP contribution in [0.15, 0.2) is 17.5 Å². The molecular weight excluding hydrogens is 218 g/mol.